The van der Waals surface area contributed by atoms with Crippen molar-refractivity contribution in [3.63, 3.8) is 0 Å². The van der Waals surface area contributed by atoms with E-state index in [2.05, 4.69) is 70.4 Å². The lowest BCUT2D eigenvalue weighted by Crippen LogP contribution is -2.38. The van der Waals surface area contributed by atoms with Gasteiger partial charge in [-0.3, -0.25) is 4.79 Å². The van der Waals surface area contributed by atoms with Crippen molar-refractivity contribution in [3.05, 3.63) is 72.6 Å². The molecule has 1 aromatic heterocycles. The van der Waals surface area contributed by atoms with Gasteiger partial charge in [0.15, 0.2) is 0 Å². The summed E-state index contributed by atoms with van der Waals surface area (Å²) in [4.78, 5) is 25.8. The zero-order valence-corrected chi connectivity index (χ0v) is 18.8. The van der Waals surface area contributed by atoms with Gasteiger partial charge in [0.2, 0.25) is 11.9 Å². The Hall–Kier alpha value is -2.86. The first-order valence-corrected chi connectivity index (χ1v) is 11.6. The average molecular weight is 433 g/mol. The van der Waals surface area contributed by atoms with E-state index in [4.69, 9.17) is 0 Å². The van der Waals surface area contributed by atoms with Crippen LogP contribution in [0.2, 0.25) is 0 Å². The number of hydrogen-bond donors (Lipinski definition) is 1. The molecule has 0 saturated carbocycles. The van der Waals surface area contributed by atoms with Crippen LogP contribution >= 0.6 is 11.8 Å². The number of rotatable bonds is 6. The first-order valence-electron chi connectivity index (χ1n) is 10.8. The number of piperidine rings is 1. The summed E-state index contributed by atoms with van der Waals surface area (Å²) in [5.74, 6) is 1.40. The lowest BCUT2D eigenvalue weighted by atomic mass is 9.96. The number of benzene rings is 2. The highest BCUT2D eigenvalue weighted by Gasteiger charge is 2.26. The second kappa shape index (κ2) is 9.96. The van der Waals surface area contributed by atoms with Crippen LogP contribution in [0.5, 0.6) is 0 Å². The molecule has 3 aromatic rings. The zero-order chi connectivity index (χ0) is 21.6. The second-order valence-corrected chi connectivity index (χ2v) is 9.30. The van der Waals surface area contributed by atoms with Crippen LogP contribution in [0.3, 0.4) is 0 Å². The van der Waals surface area contributed by atoms with Crippen LogP contribution in [0.1, 0.15) is 38.2 Å². The Morgan fingerprint density at radius 3 is 2.13 bits per heavy atom. The van der Waals surface area contributed by atoms with Crippen LogP contribution in [0.25, 0.3) is 0 Å². The maximum atomic E-state index is 12.7. The molecule has 2 heterocycles. The van der Waals surface area contributed by atoms with Gasteiger partial charge in [0.05, 0.1) is 0 Å². The summed E-state index contributed by atoms with van der Waals surface area (Å²) in [6, 6.07) is 18.6. The Morgan fingerprint density at radius 1 is 0.968 bits per heavy atom. The molecule has 4 rings (SSSR count). The lowest BCUT2D eigenvalue weighted by molar-refractivity contribution is -0.120. The Morgan fingerprint density at radius 2 is 1.55 bits per heavy atom. The number of amides is 1. The molecule has 1 N–H and O–H groups in total. The van der Waals surface area contributed by atoms with Gasteiger partial charge in [0, 0.05) is 46.9 Å². The average Bonchev–Trinajstić information content (AvgIpc) is 2.81. The van der Waals surface area contributed by atoms with Crippen LogP contribution in [0.15, 0.2) is 76.8 Å². The summed E-state index contributed by atoms with van der Waals surface area (Å²) in [6.07, 6.45) is 5.13. The van der Waals surface area contributed by atoms with E-state index < -0.39 is 0 Å². The fourth-order valence-corrected chi connectivity index (χ4v) is 4.52. The Labute approximate surface area is 188 Å². The molecular weight excluding hydrogens is 404 g/mol. The molecule has 0 radical (unpaired) electrons. The summed E-state index contributed by atoms with van der Waals surface area (Å²) in [5, 5.41) is 3.08. The molecule has 1 amide bonds. The van der Waals surface area contributed by atoms with E-state index in [-0.39, 0.29) is 11.8 Å². The first-order chi connectivity index (χ1) is 15.1. The van der Waals surface area contributed by atoms with E-state index in [1.54, 1.807) is 24.2 Å². The fourth-order valence-electron chi connectivity index (χ4n) is 3.70. The molecule has 0 spiro atoms. The predicted octanol–water partition coefficient (Wildman–Crippen LogP) is 5.61. The summed E-state index contributed by atoms with van der Waals surface area (Å²) in [5.41, 5.74) is 2.20. The second-order valence-electron chi connectivity index (χ2n) is 8.15. The molecule has 160 valence electrons. The smallest absolute Gasteiger partial charge is 0.227 e. The number of aromatic nitrogens is 2. The predicted molar refractivity (Wildman–Crippen MR) is 127 cm³/mol. The standard InChI is InChI=1S/C25H28N4OS/c1-18(2)19-4-8-22(9-5-19)31-23-10-6-21(7-11-23)28-24(30)20-12-16-29(17-13-20)25-26-14-3-15-27-25/h3-11,14-15,18,20H,12-13,16-17H2,1-2H3,(H,28,30). The Kier molecular flexibility index (Phi) is 6.87. The maximum Gasteiger partial charge on any atom is 0.227 e. The van der Waals surface area contributed by atoms with E-state index in [9.17, 15) is 4.79 Å². The molecule has 0 aliphatic carbocycles. The van der Waals surface area contributed by atoms with Crippen molar-refractivity contribution < 1.29 is 4.79 Å². The lowest BCUT2D eigenvalue weighted by Gasteiger charge is -2.31. The largest absolute Gasteiger partial charge is 0.341 e. The number of nitrogens with one attached hydrogen (secondary N) is 1. The third-order valence-corrected chi connectivity index (χ3v) is 6.62. The van der Waals surface area contributed by atoms with E-state index >= 15 is 0 Å². The van der Waals surface area contributed by atoms with Gasteiger partial charge in [0.1, 0.15) is 0 Å². The number of nitrogens with zero attached hydrogens (tertiary/aromatic N) is 3. The fraction of sp³-hybridized carbons (Fsp3) is 0.320. The van der Waals surface area contributed by atoms with Crippen molar-refractivity contribution in [2.45, 2.75) is 42.4 Å². The third-order valence-electron chi connectivity index (χ3n) is 5.61. The van der Waals surface area contributed by atoms with Crippen molar-refractivity contribution in [1.82, 2.24) is 9.97 Å². The van der Waals surface area contributed by atoms with Crippen molar-refractivity contribution in [1.29, 1.82) is 0 Å². The van der Waals surface area contributed by atoms with Crippen LogP contribution in [-0.4, -0.2) is 29.0 Å². The van der Waals surface area contributed by atoms with Crippen molar-refractivity contribution >= 4 is 29.3 Å². The number of hydrogen-bond acceptors (Lipinski definition) is 5. The highest BCUT2D eigenvalue weighted by Crippen LogP contribution is 2.30. The minimum absolute atomic E-state index is 0.0217. The van der Waals surface area contributed by atoms with Gasteiger partial charge in [-0.1, -0.05) is 37.7 Å². The highest BCUT2D eigenvalue weighted by atomic mass is 32.2. The monoisotopic (exact) mass is 432 g/mol. The van der Waals surface area contributed by atoms with Gasteiger partial charge in [-0.2, -0.15) is 0 Å². The number of carbonyl (C=O) groups excluding carboxylic acids is 1. The maximum absolute atomic E-state index is 12.7. The van der Waals surface area contributed by atoms with Crippen LogP contribution in [0.4, 0.5) is 11.6 Å². The van der Waals surface area contributed by atoms with Gasteiger partial charge in [0.25, 0.3) is 0 Å². The SMILES string of the molecule is CC(C)c1ccc(Sc2ccc(NC(=O)C3CCN(c4ncccn4)CC3)cc2)cc1. The minimum atomic E-state index is 0.0217. The highest BCUT2D eigenvalue weighted by molar-refractivity contribution is 7.99. The first kappa shape index (κ1) is 21.4. The van der Waals surface area contributed by atoms with E-state index in [0.29, 0.717) is 5.92 Å². The summed E-state index contributed by atoms with van der Waals surface area (Å²) in [7, 11) is 0. The molecule has 1 aliphatic rings. The van der Waals surface area contributed by atoms with Crippen molar-refractivity contribution in [3.8, 4) is 0 Å². The molecule has 5 nitrogen and oxygen atoms in total. The third kappa shape index (κ3) is 5.64. The molecule has 6 heteroatoms. The molecule has 31 heavy (non-hydrogen) atoms. The minimum Gasteiger partial charge on any atom is -0.341 e. The van der Waals surface area contributed by atoms with Gasteiger partial charge in [-0.25, -0.2) is 9.97 Å². The van der Waals surface area contributed by atoms with Crippen LogP contribution in [-0.2, 0) is 4.79 Å². The Balaban J connectivity index is 1.28. The van der Waals surface area contributed by atoms with E-state index in [0.717, 1.165) is 42.5 Å². The van der Waals surface area contributed by atoms with Gasteiger partial charge in [-0.15, -0.1) is 0 Å². The molecule has 0 bridgehead atoms. The molecule has 0 unspecified atom stereocenters. The summed E-state index contributed by atoms with van der Waals surface area (Å²) in [6.45, 7) is 6.01. The van der Waals surface area contributed by atoms with Crippen molar-refractivity contribution in [2.75, 3.05) is 23.3 Å². The molecule has 1 fully saturated rings. The van der Waals surface area contributed by atoms with Crippen LogP contribution in [0, 0.1) is 5.92 Å². The van der Waals surface area contributed by atoms with Crippen molar-refractivity contribution in [2.24, 2.45) is 5.92 Å². The normalized spacial score (nSPS) is 14.6. The molecule has 1 saturated heterocycles. The van der Waals surface area contributed by atoms with Gasteiger partial charge in [-0.05, 0) is 66.8 Å². The molecule has 0 atom stereocenters. The molecular formula is C25H28N4OS. The number of anilines is 2. The number of carbonyl (C=O) groups is 1. The van der Waals surface area contributed by atoms with Gasteiger partial charge >= 0.3 is 0 Å². The summed E-state index contributed by atoms with van der Waals surface area (Å²) >= 11 is 1.73. The molecule has 2 aromatic carbocycles. The van der Waals surface area contributed by atoms with E-state index in [1.807, 2.05) is 18.2 Å². The van der Waals surface area contributed by atoms with E-state index in [1.165, 1.54) is 10.5 Å². The summed E-state index contributed by atoms with van der Waals surface area (Å²) < 4.78 is 0. The molecule has 1 aliphatic heterocycles. The van der Waals surface area contributed by atoms with Gasteiger partial charge < -0.3 is 10.2 Å². The van der Waals surface area contributed by atoms with Crippen LogP contribution < -0.4 is 10.2 Å². The Bertz CT molecular complexity index is 982. The topological polar surface area (TPSA) is 58.1 Å². The zero-order valence-electron chi connectivity index (χ0n) is 18.0. The quantitative estimate of drug-likeness (QED) is 0.549.